The van der Waals surface area contributed by atoms with Gasteiger partial charge in [-0.15, -0.1) is 0 Å². The van der Waals surface area contributed by atoms with Gasteiger partial charge in [-0.3, -0.25) is 9.69 Å². The van der Waals surface area contributed by atoms with E-state index in [1.807, 2.05) is 0 Å². The van der Waals surface area contributed by atoms with Crippen LogP contribution in [0.25, 0.3) is 6.08 Å². The Morgan fingerprint density at radius 3 is 2.56 bits per heavy atom. The van der Waals surface area contributed by atoms with Gasteiger partial charge in [0.25, 0.3) is 5.91 Å². The quantitative estimate of drug-likeness (QED) is 0.570. The number of ether oxygens (including phenoxy) is 1. The van der Waals surface area contributed by atoms with Crippen LogP contribution in [0.1, 0.15) is 21.5 Å². The molecule has 0 spiro atoms. The minimum atomic E-state index is -0.971. The zero-order chi connectivity index (χ0) is 19.6. The highest BCUT2D eigenvalue weighted by Gasteiger charge is 2.28. The lowest BCUT2D eigenvalue weighted by Gasteiger charge is -2.09. The Morgan fingerprint density at radius 1 is 1.30 bits per heavy atom. The lowest BCUT2D eigenvalue weighted by molar-refractivity contribution is -0.121. The summed E-state index contributed by atoms with van der Waals surface area (Å²) in [5, 5.41) is 9.32. The van der Waals surface area contributed by atoms with E-state index in [-0.39, 0.29) is 18.1 Å². The molecule has 1 fully saturated rings. The number of carbonyl (C=O) groups is 2. The average molecular weight is 420 g/mol. The molecule has 138 valence electrons. The Kier molecular flexibility index (Phi) is 5.84. The molecular formula is C19H14ClNO4S2. The first-order valence-corrected chi connectivity index (χ1v) is 9.41. The summed E-state index contributed by atoms with van der Waals surface area (Å²) in [5.74, 6) is -0.605. The maximum atomic E-state index is 12.1. The number of benzene rings is 2. The number of carboxylic acid groups (broad SMARTS) is 1. The zero-order valence-corrected chi connectivity index (χ0v) is 16.5. The van der Waals surface area contributed by atoms with Gasteiger partial charge >= 0.3 is 5.97 Å². The first-order chi connectivity index (χ1) is 12.8. The second kappa shape index (κ2) is 8.12. The molecule has 1 N–H and O–H groups in total. The topological polar surface area (TPSA) is 66.8 Å². The average Bonchev–Trinajstić information content (AvgIpc) is 2.88. The van der Waals surface area contributed by atoms with E-state index in [1.54, 1.807) is 43.5 Å². The fourth-order valence-corrected chi connectivity index (χ4v) is 3.75. The molecule has 1 aliphatic rings. The Hall–Kier alpha value is -2.35. The number of amides is 1. The molecule has 3 rings (SSSR count). The summed E-state index contributed by atoms with van der Waals surface area (Å²) in [6.45, 7) is 0.257. The molecule has 2 aromatic rings. The number of carbonyl (C=O) groups excluding carboxylic acids is 1. The number of nitrogens with zero attached hydrogens (tertiary/aromatic N) is 1. The molecular weight excluding hydrogens is 406 g/mol. The predicted octanol–water partition coefficient (Wildman–Crippen LogP) is 4.45. The van der Waals surface area contributed by atoms with E-state index in [0.29, 0.717) is 20.0 Å². The first-order valence-electron chi connectivity index (χ1n) is 7.81. The standard InChI is InChI=1S/C19H14ClNO4S2/c1-21-17(22)16(27-19(21)26)9-12-4-7-15(14(20)8-12)25-10-11-2-5-13(6-3-11)18(23)24/h2-9H,10H2,1H3,(H,23,24)/b16-9-. The van der Waals surface area contributed by atoms with Crippen LogP contribution in [0.2, 0.25) is 5.02 Å². The largest absolute Gasteiger partial charge is 0.487 e. The molecule has 0 unspecified atom stereocenters. The summed E-state index contributed by atoms with van der Waals surface area (Å²) in [4.78, 5) is 24.9. The Bertz CT molecular complexity index is 957. The van der Waals surface area contributed by atoms with Crippen LogP contribution in [0, 0.1) is 0 Å². The second-order valence-electron chi connectivity index (χ2n) is 5.72. The number of hydrogen-bond donors (Lipinski definition) is 1. The van der Waals surface area contributed by atoms with Gasteiger partial charge in [0, 0.05) is 7.05 Å². The second-order valence-corrected chi connectivity index (χ2v) is 7.80. The van der Waals surface area contributed by atoms with Crippen molar-refractivity contribution in [3.63, 3.8) is 0 Å². The van der Waals surface area contributed by atoms with Gasteiger partial charge in [-0.2, -0.15) is 0 Å². The van der Waals surface area contributed by atoms with E-state index in [2.05, 4.69) is 0 Å². The van der Waals surface area contributed by atoms with E-state index in [4.69, 9.17) is 33.7 Å². The van der Waals surface area contributed by atoms with Crippen molar-refractivity contribution in [3.8, 4) is 5.75 Å². The molecule has 0 aromatic heterocycles. The van der Waals surface area contributed by atoms with Gasteiger partial charge < -0.3 is 9.84 Å². The number of carboxylic acids is 1. The van der Waals surface area contributed by atoms with Crippen LogP contribution < -0.4 is 4.74 Å². The first kappa shape index (κ1) is 19.4. The highest BCUT2D eigenvalue weighted by Crippen LogP contribution is 2.33. The van der Waals surface area contributed by atoms with Crippen LogP contribution in [0.4, 0.5) is 0 Å². The van der Waals surface area contributed by atoms with Crippen molar-refractivity contribution in [3.05, 3.63) is 69.1 Å². The number of likely N-dealkylation sites (N-methyl/N-ethyl adjacent to an activating group) is 1. The Labute approximate surface area is 170 Å². The van der Waals surface area contributed by atoms with Gasteiger partial charge in [0.1, 0.15) is 16.7 Å². The summed E-state index contributed by atoms with van der Waals surface area (Å²) >= 11 is 12.6. The predicted molar refractivity (Wildman–Crippen MR) is 110 cm³/mol. The molecule has 2 aromatic carbocycles. The van der Waals surface area contributed by atoms with Crippen molar-refractivity contribution in [2.45, 2.75) is 6.61 Å². The van der Waals surface area contributed by atoms with E-state index in [9.17, 15) is 9.59 Å². The molecule has 5 nitrogen and oxygen atoms in total. The van der Waals surface area contributed by atoms with Gasteiger partial charge in [-0.1, -0.05) is 53.8 Å². The zero-order valence-electron chi connectivity index (χ0n) is 14.1. The fourth-order valence-electron chi connectivity index (χ4n) is 2.33. The smallest absolute Gasteiger partial charge is 0.335 e. The van der Waals surface area contributed by atoms with E-state index in [1.165, 1.54) is 28.8 Å². The number of hydrogen-bond acceptors (Lipinski definition) is 5. The summed E-state index contributed by atoms with van der Waals surface area (Å²) in [7, 11) is 1.64. The summed E-state index contributed by atoms with van der Waals surface area (Å²) in [6.07, 6.45) is 1.74. The molecule has 0 bridgehead atoms. The number of rotatable bonds is 5. The number of aromatic carboxylic acids is 1. The molecule has 27 heavy (non-hydrogen) atoms. The molecule has 8 heteroatoms. The third kappa shape index (κ3) is 4.50. The molecule has 1 amide bonds. The molecule has 0 aliphatic carbocycles. The van der Waals surface area contributed by atoms with Crippen molar-refractivity contribution in [1.29, 1.82) is 0 Å². The third-order valence-corrected chi connectivity index (χ3v) is 5.62. The van der Waals surface area contributed by atoms with Crippen molar-refractivity contribution in [1.82, 2.24) is 4.90 Å². The highest BCUT2D eigenvalue weighted by atomic mass is 35.5. The minimum Gasteiger partial charge on any atom is -0.487 e. The monoisotopic (exact) mass is 419 g/mol. The lowest BCUT2D eigenvalue weighted by Crippen LogP contribution is -2.22. The van der Waals surface area contributed by atoms with E-state index >= 15 is 0 Å². The van der Waals surface area contributed by atoms with Crippen LogP contribution >= 0.6 is 35.6 Å². The number of halogens is 1. The van der Waals surface area contributed by atoms with Crippen molar-refractivity contribution >= 4 is 57.9 Å². The van der Waals surface area contributed by atoms with Gasteiger partial charge in [0.15, 0.2) is 0 Å². The number of thioether (sulfide) groups is 1. The highest BCUT2D eigenvalue weighted by molar-refractivity contribution is 8.26. The maximum Gasteiger partial charge on any atom is 0.335 e. The van der Waals surface area contributed by atoms with Crippen molar-refractivity contribution in [2.75, 3.05) is 7.05 Å². The van der Waals surface area contributed by atoms with Gasteiger partial charge in [0.2, 0.25) is 0 Å². The maximum absolute atomic E-state index is 12.1. The van der Waals surface area contributed by atoms with Crippen LogP contribution in [0.3, 0.4) is 0 Å². The van der Waals surface area contributed by atoms with Crippen LogP contribution in [-0.4, -0.2) is 33.3 Å². The fraction of sp³-hybridized carbons (Fsp3) is 0.105. The summed E-state index contributed by atoms with van der Waals surface area (Å²) < 4.78 is 6.22. The van der Waals surface area contributed by atoms with Gasteiger partial charge in [0.05, 0.1) is 15.5 Å². The van der Waals surface area contributed by atoms with Gasteiger partial charge in [-0.05, 0) is 41.5 Å². The van der Waals surface area contributed by atoms with Crippen LogP contribution in [0.15, 0.2) is 47.4 Å². The SMILES string of the molecule is CN1C(=O)/C(=C/c2ccc(OCc3ccc(C(=O)O)cc3)c(Cl)c2)SC1=S. The summed E-state index contributed by atoms with van der Waals surface area (Å²) in [6, 6.07) is 11.7. The lowest BCUT2D eigenvalue weighted by atomic mass is 10.1. The molecule has 0 saturated carbocycles. The number of thiocarbonyl (C=S) groups is 1. The van der Waals surface area contributed by atoms with Gasteiger partial charge in [-0.25, -0.2) is 4.79 Å². The van der Waals surface area contributed by atoms with Crippen molar-refractivity contribution in [2.24, 2.45) is 0 Å². The summed E-state index contributed by atoms with van der Waals surface area (Å²) in [5.41, 5.74) is 1.82. The molecule has 1 heterocycles. The van der Waals surface area contributed by atoms with E-state index in [0.717, 1.165) is 11.1 Å². The molecule has 0 atom stereocenters. The molecule has 0 radical (unpaired) electrons. The van der Waals surface area contributed by atoms with Crippen molar-refractivity contribution < 1.29 is 19.4 Å². The normalized spacial score (nSPS) is 15.5. The van der Waals surface area contributed by atoms with Crippen LogP contribution in [-0.2, 0) is 11.4 Å². The van der Waals surface area contributed by atoms with Crippen LogP contribution in [0.5, 0.6) is 5.75 Å². The Balaban J connectivity index is 1.69. The molecule has 1 aliphatic heterocycles. The molecule has 1 saturated heterocycles. The third-order valence-electron chi connectivity index (χ3n) is 3.84. The van der Waals surface area contributed by atoms with E-state index < -0.39 is 5.97 Å². The minimum absolute atomic E-state index is 0.133. The Morgan fingerprint density at radius 2 is 2.00 bits per heavy atom.